The van der Waals surface area contributed by atoms with Crippen LogP contribution in [-0.2, 0) is 10.2 Å². The van der Waals surface area contributed by atoms with Crippen LogP contribution in [0.1, 0.15) is 44.1 Å². The molecule has 12 nitrogen and oxygen atoms in total. The van der Waals surface area contributed by atoms with Crippen molar-refractivity contribution in [1.29, 1.82) is 5.26 Å². The molecule has 40 heavy (non-hydrogen) atoms. The summed E-state index contributed by atoms with van der Waals surface area (Å²) in [6.45, 7) is 1.71. The molecule has 2 saturated carbocycles. The molecular weight excluding hydrogens is 510 g/mol. The lowest BCUT2D eigenvalue weighted by molar-refractivity contribution is -0.108. The van der Waals surface area contributed by atoms with Crippen molar-refractivity contribution in [2.75, 3.05) is 37.6 Å². The first kappa shape index (κ1) is 26.8. The standard InChI is InChI=1S/C28H43N9O3/c1-36(11-20-23(38)24(39)27(40-20)37-14-33-22-25(30)31-13-32-26(22)37)17-8-15(9-17)2-5-21-34-18-4-3-16(10-19(18)35-21)28(12-29)6-7-28/h3-4,10,15,17,20-27,31-35,38-39H,2,5-9,11,13-14,30H2,1H3/t15?,17?,20-,21?,22?,23-,24-,25?,26?,27-/m1/s1. The first-order valence-corrected chi connectivity index (χ1v) is 14.9. The number of fused-ring (bicyclic) bond motifs is 2. The van der Waals surface area contributed by atoms with Crippen LogP contribution in [-0.4, -0.2) is 102 Å². The lowest BCUT2D eigenvalue weighted by atomic mass is 9.76. The topological polar surface area (TPSA) is 166 Å². The van der Waals surface area contributed by atoms with Gasteiger partial charge in [0.05, 0.1) is 54.1 Å². The minimum Gasteiger partial charge on any atom is -0.387 e. The molecule has 4 unspecified atom stereocenters. The van der Waals surface area contributed by atoms with Crippen LogP contribution < -0.4 is 32.3 Å². The minimum atomic E-state index is -0.970. The quantitative estimate of drug-likeness (QED) is 0.205. The molecule has 2 aliphatic carbocycles. The minimum absolute atomic E-state index is 0.00927. The number of nitrogens with zero attached hydrogens (tertiary/aromatic N) is 3. The molecule has 218 valence electrons. The maximum atomic E-state index is 10.9. The van der Waals surface area contributed by atoms with Gasteiger partial charge in [0, 0.05) is 19.3 Å². The Morgan fingerprint density at radius 2 is 1.93 bits per heavy atom. The molecular formula is C28H43N9O3. The highest BCUT2D eigenvalue weighted by Gasteiger charge is 2.52. The average molecular weight is 554 g/mol. The normalized spacial score (nSPS) is 41.5. The Labute approximate surface area is 235 Å². The number of benzene rings is 1. The fourth-order valence-corrected chi connectivity index (χ4v) is 7.37. The van der Waals surface area contributed by atoms with E-state index in [1.165, 1.54) is 0 Å². The van der Waals surface area contributed by atoms with Crippen molar-refractivity contribution < 1.29 is 14.9 Å². The third-order valence-electron chi connectivity index (χ3n) is 10.3. The van der Waals surface area contributed by atoms with Crippen molar-refractivity contribution in [1.82, 2.24) is 25.8 Å². The molecule has 0 spiro atoms. The maximum absolute atomic E-state index is 10.9. The molecule has 1 aromatic rings. The van der Waals surface area contributed by atoms with E-state index >= 15 is 0 Å². The number of hydrogen-bond donors (Lipinski definition) is 8. The highest BCUT2D eigenvalue weighted by atomic mass is 16.6. The first-order valence-electron chi connectivity index (χ1n) is 14.9. The molecule has 4 aliphatic heterocycles. The summed E-state index contributed by atoms with van der Waals surface area (Å²) in [7, 11) is 2.10. The van der Waals surface area contributed by atoms with Crippen LogP contribution in [0.15, 0.2) is 18.2 Å². The third-order valence-corrected chi connectivity index (χ3v) is 10.3. The fraction of sp³-hybridized carbons (Fsp3) is 0.750. The number of hydrogen-bond acceptors (Lipinski definition) is 12. The van der Waals surface area contributed by atoms with Crippen LogP contribution in [0, 0.1) is 17.2 Å². The summed E-state index contributed by atoms with van der Waals surface area (Å²) in [4.78, 5) is 4.33. The summed E-state index contributed by atoms with van der Waals surface area (Å²) < 4.78 is 6.27. The molecule has 12 heteroatoms. The Hall–Kier alpha value is -2.05. The van der Waals surface area contributed by atoms with E-state index in [2.05, 4.69) is 62.8 Å². The Balaban J connectivity index is 0.857. The zero-order valence-electron chi connectivity index (χ0n) is 23.1. The van der Waals surface area contributed by atoms with E-state index in [9.17, 15) is 15.5 Å². The van der Waals surface area contributed by atoms with Gasteiger partial charge in [0.15, 0.2) is 0 Å². The zero-order valence-corrected chi connectivity index (χ0v) is 23.1. The van der Waals surface area contributed by atoms with E-state index in [0.717, 1.165) is 55.5 Å². The fourth-order valence-electron chi connectivity index (χ4n) is 7.37. The number of anilines is 2. The van der Waals surface area contributed by atoms with E-state index in [1.54, 1.807) is 0 Å². The summed E-state index contributed by atoms with van der Waals surface area (Å²) in [6.07, 6.45) is 3.46. The van der Waals surface area contributed by atoms with Gasteiger partial charge in [-0.15, -0.1) is 0 Å². The summed E-state index contributed by atoms with van der Waals surface area (Å²) in [5.41, 5.74) is 9.31. The number of aliphatic hydroxyl groups is 2. The molecule has 1 aromatic carbocycles. The number of nitrogens with two attached hydrogens (primary N) is 1. The highest BCUT2D eigenvalue weighted by Crippen LogP contribution is 2.49. The van der Waals surface area contributed by atoms with Crippen LogP contribution in [0.2, 0.25) is 0 Å². The summed E-state index contributed by atoms with van der Waals surface area (Å²) in [5, 5.41) is 48.4. The summed E-state index contributed by atoms with van der Waals surface area (Å²) >= 11 is 0. The molecule has 5 fully saturated rings. The van der Waals surface area contributed by atoms with Gasteiger partial charge in [-0.05, 0) is 69.2 Å². The molecule has 0 aromatic heterocycles. The second kappa shape index (κ2) is 10.3. The molecule has 6 aliphatic rings. The number of ether oxygens (including phenoxy) is 1. The SMILES string of the molecule is CN(C[C@H]1O[C@@H](N2CNC3C(N)NCNC32)[C@H](O)[C@@H]1O)C1CC(CCC2Nc3ccc(C4(C#N)CC4)cc3N2)C1. The van der Waals surface area contributed by atoms with Gasteiger partial charge in [0.25, 0.3) is 0 Å². The van der Waals surface area contributed by atoms with Crippen LogP contribution in [0.4, 0.5) is 11.4 Å². The van der Waals surface area contributed by atoms with Crippen LogP contribution >= 0.6 is 0 Å². The number of likely N-dealkylation sites (N-methyl/N-ethyl adjacent to an activating group) is 1. The number of rotatable bonds is 8. The van der Waals surface area contributed by atoms with Crippen LogP contribution in [0.25, 0.3) is 0 Å². The Morgan fingerprint density at radius 1 is 1.12 bits per heavy atom. The smallest absolute Gasteiger partial charge is 0.142 e. The van der Waals surface area contributed by atoms with Crippen LogP contribution in [0.3, 0.4) is 0 Å². The highest BCUT2D eigenvalue weighted by molar-refractivity contribution is 5.76. The van der Waals surface area contributed by atoms with E-state index in [1.807, 2.05) is 4.90 Å². The van der Waals surface area contributed by atoms with Gasteiger partial charge in [0.2, 0.25) is 0 Å². The third kappa shape index (κ3) is 4.67. The number of nitrogens with one attached hydrogen (secondary N) is 5. The van der Waals surface area contributed by atoms with Gasteiger partial charge in [-0.25, -0.2) is 4.90 Å². The molecule has 0 amide bonds. The molecule has 7 rings (SSSR count). The summed E-state index contributed by atoms with van der Waals surface area (Å²) in [5.74, 6) is 0.680. The second-order valence-electron chi connectivity index (χ2n) is 12.8. The van der Waals surface area contributed by atoms with Crippen molar-refractivity contribution in [2.24, 2.45) is 11.7 Å². The van der Waals surface area contributed by atoms with Crippen molar-refractivity contribution in [3.8, 4) is 6.07 Å². The zero-order chi connectivity index (χ0) is 27.6. The van der Waals surface area contributed by atoms with Gasteiger partial charge in [-0.1, -0.05) is 6.07 Å². The van der Waals surface area contributed by atoms with Gasteiger partial charge < -0.3 is 36.2 Å². The van der Waals surface area contributed by atoms with Gasteiger partial charge >= 0.3 is 0 Å². The Morgan fingerprint density at radius 3 is 2.70 bits per heavy atom. The van der Waals surface area contributed by atoms with Gasteiger partial charge in [-0.2, -0.15) is 5.26 Å². The molecule has 0 radical (unpaired) electrons. The Kier molecular flexibility index (Phi) is 6.94. The average Bonchev–Trinajstić information content (AvgIpc) is 3.30. The lowest BCUT2D eigenvalue weighted by Gasteiger charge is -2.42. The van der Waals surface area contributed by atoms with Crippen molar-refractivity contribution in [2.45, 2.75) is 99.1 Å². The Bertz CT molecular complexity index is 1140. The first-order chi connectivity index (χ1) is 19.3. The number of aliphatic hydroxyl groups excluding tert-OH is 2. The van der Waals surface area contributed by atoms with Crippen molar-refractivity contribution >= 4 is 11.4 Å². The van der Waals surface area contributed by atoms with Crippen molar-refractivity contribution in [3.63, 3.8) is 0 Å². The molecule has 8 atom stereocenters. The molecule has 9 N–H and O–H groups in total. The summed E-state index contributed by atoms with van der Waals surface area (Å²) in [6, 6.07) is 9.33. The number of nitriles is 1. The second-order valence-corrected chi connectivity index (χ2v) is 12.8. The van der Waals surface area contributed by atoms with Crippen LogP contribution in [0.5, 0.6) is 0 Å². The van der Waals surface area contributed by atoms with Crippen molar-refractivity contribution in [3.05, 3.63) is 23.8 Å². The lowest BCUT2D eigenvalue weighted by Crippen LogP contribution is -2.68. The largest absolute Gasteiger partial charge is 0.387 e. The maximum Gasteiger partial charge on any atom is 0.142 e. The monoisotopic (exact) mass is 553 g/mol. The van der Waals surface area contributed by atoms with E-state index < -0.39 is 24.5 Å². The molecule has 3 saturated heterocycles. The van der Waals surface area contributed by atoms with E-state index in [4.69, 9.17) is 10.5 Å². The molecule has 0 bridgehead atoms. The van der Waals surface area contributed by atoms with E-state index in [0.29, 0.717) is 31.8 Å². The van der Waals surface area contributed by atoms with Gasteiger partial charge in [0.1, 0.15) is 24.5 Å². The predicted octanol–water partition coefficient (Wildman–Crippen LogP) is -0.665. The molecule has 4 heterocycles. The van der Waals surface area contributed by atoms with Gasteiger partial charge in [-0.3, -0.25) is 16.0 Å². The predicted molar refractivity (Wildman–Crippen MR) is 150 cm³/mol. The van der Waals surface area contributed by atoms with E-state index in [-0.39, 0.29) is 30.0 Å².